The van der Waals surface area contributed by atoms with Crippen LogP contribution in [0.4, 0.5) is 4.39 Å². The number of piperazine rings is 1. The van der Waals surface area contributed by atoms with E-state index in [4.69, 9.17) is 5.73 Å². The zero-order valence-electron chi connectivity index (χ0n) is 12.2. The molecule has 1 aromatic carbocycles. The Morgan fingerprint density at radius 1 is 1.36 bits per heavy atom. The highest BCUT2D eigenvalue weighted by Gasteiger charge is 2.28. The predicted octanol–water partition coefficient (Wildman–Crippen LogP) is 0.217. The molecule has 0 bridgehead atoms. The van der Waals surface area contributed by atoms with Crippen LogP contribution in [-0.2, 0) is 11.8 Å². The molecular weight excluding hydrogens is 287 g/mol. The Bertz CT molecular complexity index is 755. The van der Waals surface area contributed by atoms with E-state index in [9.17, 15) is 14.0 Å². The van der Waals surface area contributed by atoms with Gasteiger partial charge in [-0.05, 0) is 24.3 Å². The lowest BCUT2D eigenvalue weighted by atomic mass is 10.2. The van der Waals surface area contributed by atoms with Crippen molar-refractivity contribution in [3.8, 4) is 0 Å². The molecule has 7 heteroatoms. The van der Waals surface area contributed by atoms with E-state index in [0.29, 0.717) is 24.2 Å². The minimum atomic E-state index is -0.537. The van der Waals surface area contributed by atoms with Gasteiger partial charge in [-0.25, -0.2) is 4.39 Å². The van der Waals surface area contributed by atoms with Crippen LogP contribution in [0, 0.1) is 5.82 Å². The number of amides is 2. The number of rotatable bonds is 2. The topological polar surface area (TPSA) is 80.4 Å². The van der Waals surface area contributed by atoms with Gasteiger partial charge in [-0.1, -0.05) is 0 Å². The van der Waals surface area contributed by atoms with Gasteiger partial charge in [0.05, 0.1) is 0 Å². The van der Waals surface area contributed by atoms with Crippen molar-refractivity contribution in [1.82, 2.24) is 14.8 Å². The fraction of sp³-hybridized carbons (Fsp3) is 0.333. The Kier molecular flexibility index (Phi) is 3.58. The van der Waals surface area contributed by atoms with Gasteiger partial charge in [-0.2, -0.15) is 0 Å². The molecule has 1 aliphatic rings. The number of nitrogens with two attached hydrogens (primary N) is 1. The van der Waals surface area contributed by atoms with Gasteiger partial charge < -0.3 is 20.5 Å². The first-order valence-corrected chi connectivity index (χ1v) is 7.04. The van der Waals surface area contributed by atoms with Crippen LogP contribution in [0.15, 0.2) is 24.3 Å². The molecule has 2 heterocycles. The van der Waals surface area contributed by atoms with Gasteiger partial charge in [-0.3, -0.25) is 9.59 Å². The zero-order chi connectivity index (χ0) is 15.9. The van der Waals surface area contributed by atoms with Crippen LogP contribution in [0.3, 0.4) is 0 Å². The number of hydrogen-bond acceptors (Lipinski definition) is 3. The Morgan fingerprint density at radius 3 is 2.86 bits per heavy atom. The first-order chi connectivity index (χ1) is 10.5. The van der Waals surface area contributed by atoms with Crippen molar-refractivity contribution < 1.29 is 14.0 Å². The number of hydrogen-bond donors (Lipinski definition) is 2. The largest absolute Gasteiger partial charge is 0.368 e. The molecule has 1 aromatic heterocycles. The fourth-order valence-corrected chi connectivity index (χ4v) is 2.81. The molecule has 1 fully saturated rings. The Labute approximate surface area is 126 Å². The van der Waals surface area contributed by atoms with E-state index in [1.54, 1.807) is 28.6 Å². The summed E-state index contributed by atoms with van der Waals surface area (Å²) in [6.45, 7) is 1.25. The molecule has 22 heavy (non-hydrogen) atoms. The Morgan fingerprint density at radius 2 is 2.14 bits per heavy atom. The number of nitrogens with one attached hydrogen (secondary N) is 1. The minimum absolute atomic E-state index is 0.188. The number of aromatic nitrogens is 1. The third kappa shape index (κ3) is 2.43. The third-order valence-electron chi connectivity index (χ3n) is 4.03. The quantitative estimate of drug-likeness (QED) is 0.833. The second-order valence-electron chi connectivity index (χ2n) is 5.45. The summed E-state index contributed by atoms with van der Waals surface area (Å²) >= 11 is 0. The Hall–Kier alpha value is -2.41. The predicted molar refractivity (Wildman–Crippen MR) is 79.8 cm³/mol. The van der Waals surface area contributed by atoms with Crippen LogP contribution in [0.2, 0.25) is 0 Å². The van der Waals surface area contributed by atoms with E-state index in [2.05, 4.69) is 5.32 Å². The molecule has 3 rings (SSSR count). The molecule has 0 saturated carbocycles. The number of carbonyl (C=O) groups is 2. The summed E-state index contributed by atoms with van der Waals surface area (Å²) in [5.74, 6) is -1.00. The van der Waals surface area contributed by atoms with Crippen molar-refractivity contribution in [2.45, 2.75) is 6.04 Å². The lowest BCUT2D eigenvalue weighted by Crippen LogP contribution is -2.57. The summed E-state index contributed by atoms with van der Waals surface area (Å²) in [6.07, 6.45) is 0. The van der Waals surface area contributed by atoms with Crippen LogP contribution in [0.25, 0.3) is 10.9 Å². The molecule has 2 aromatic rings. The van der Waals surface area contributed by atoms with Crippen LogP contribution in [-0.4, -0.2) is 47.0 Å². The lowest BCUT2D eigenvalue weighted by molar-refractivity contribution is -0.120. The van der Waals surface area contributed by atoms with Gasteiger partial charge >= 0.3 is 0 Å². The highest BCUT2D eigenvalue weighted by Crippen LogP contribution is 2.21. The first-order valence-electron chi connectivity index (χ1n) is 7.04. The molecule has 0 radical (unpaired) electrons. The summed E-state index contributed by atoms with van der Waals surface area (Å²) < 4.78 is 15.0. The Balaban J connectivity index is 1.91. The molecule has 1 aliphatic heterocycles. The summed E-state index contributed by atoms with van der Waals surface area (Å²) in [7, 11) is 1.77. The minimum Gasteiger partial charge on any atom is -0.368 e. The van der Waals surface area contributed by atoms with E-state index in [1.807, 2.05) is 0 Å². The number of fused-ring (bicyclic) bond motifs is 1. The van der Waals surface area contributed by atoms with Crippen molar-refractivity contribution in [1.29, 1.82) is 0 Å². The van der Waals surface area contributed by atoms with Crippen LogP contribution < -0.4 is 11.1 Å². The van der Waals surface area contributed by atoms with Crippen molar-refractivity contribution in [2.75, 3.05) is 19.6 Å². The van der Waals surface area contributed by atoms with Crippen molar-refractivity contribution in [2.24, 2.45) is 12.8 Å². The van der Waals surface area contributed by atoms with Crippen molar-refractivity contribution >= 4 is 22.7 Å². The van der Waals surface area contributed by atoms with E-state index in [0.717, 1.165) is 5.52 Å². The second kappa shape index (κ2) is 5.42. The standard InChI is InChI=1S/C15H17FN4O2/c1-19-12-3-2-10(16)6-9(12)7-13(19)15(22)20-5-4-18-11(8-20)14(17)21/h2-3,6-7,11,18H,4-5,8H2,1H3,(H2,17,21)/t11-/m1/s1. The van der Waals surface area contributed by atoms with Crippen molar-refractivity contribution in [3.05, 3.63) is 35.8 Å². The van der Waals surface area contributed by atoms with Gasteiger partial charge in [0.15, 0.2) is 0 Å². The summed E-state index contributed by atoms with van der Waals surface area (Å²) in [5.41, 5.74) is 6.54. The first kappa shape index (κ1) is 14.5. The average molecular weight is 304 g/mol. The molecule has 0 aliphatic carbocycles. The SMILES string of the molecule is Cn1c(C(=O)N2CCN[C@@H](C(N)=O)C2)cc2cc(F)ccc21. The fourth-order valence-electron chi connectivity index (χ4n) is 2.81. The van der Waals surface area contributed by atoms with Gasteiger partial charge in [0.1, 0.15) is 17.6 Å². The normalized spacial score (nSPS) is 18.6. The summed E-state index contributed by atoms with van der Waals surface area (Å²) in [6, 6.07) is 5.54. The smallest absolute Gasteiger partial charge is 0.270 e. The third-order valence-corrected chi connectivity index (χ3v) is 4.03. The van der Waals surface area contributed by atoms with Crippen molar-refractivity contribution in [3.63, 3.8) is 0 Å². The molecule has 0 spiro atoms. The molecule has 1 saturated heterocycles. The molecular formula is C15H17FN4O2. The molecule has 2 amide bonds. The number of halogens is 1. The lowest BCUT2D eigenvalue weighted by Gasteiger charge is -2.32. The molecule has 1 atom stereocenters. The highest BCUT2D eigenvalue weighted by molar-refractivity contribution is 5.99. The van der Waals surface area contributed by atoms with E-state index >= 15 is 0 Å². The summed E-state index contributed by atoms with van der Waals surface area (Å²) in [4.78, 5) is 25.5. The van der Waals surface area contributed by atoms with Crippen LogP contribution >= 0.6 is 0 Å². The summed E-state index contributed by atoms with van der Waals surface area (Å²) in [5, 5.41) is 3.65. The highest BCUT2D eigenvalue weighted by atomic mass is 19.1. The monoisotopic (exact) mass is 304 g/mol. The molecule has 0 unspecified atom stereocenters. The molecule has 116 valence electrons. The van der Waals surface area contributed by atoms with Gasteiger partial charge in [-0.15, -0.1) is 0 Å². The number of primary amides is 1. The van der Waals surface area contributed by atoms with Crippen LogP contribution in [0.1, 0.15) is 10.5 Å². The van der Waals surface area contributed by atoms with Gasteiger partial charge in [0.25, 0.3) is 5.91 Å². The number of aryl methyl sites for hydroxylation is 1. The van der Waals surface area contributed by atoms with E-state index in [-0.39, 0.29) is 18.3 Å². The van der Waals surface area contributed by atoms with E-state index in [1.165, 1.54) is 12.1 Å². The zero-order valence-corrected chi connectivity index (χ0v) is 12.2. The average Bonchev–Trinajstić information content (AvgIpc) is 2.83. The maximum absolute atomic E-state index is 13.3. The maximum atomic E-state index is 13.3. The number of nitrogens with zero attached hydrogens (tertiary/aromatic N) is 2. The maximum Gasteiger partial charge on any atom is 0.270 e. The van der Waals surface area contributed by atoms with E-state index < -0.39 is 11.9 Å². The molecule has 6 nitrogen and oxygen atoms in total. The number of carbonyl (C=O) groups excluding carboxylic acids is 2. The second-order valence-corrected chi connectivity index (χ2v) is 5.45. The van der Waals surface area contributed by atoms with Gasteiger partial charge in [0, 0.05) is 37.6 Å². The van der Waals surface area contributed by atoms with Crippen LogP contribution in [0.5, 0.6) is 0 Å². The number of benzene rings is 1. The molecule has 3 N–H and O–H groups in total. The van der Waals surface area contributed by atoms with Gasteiger partial charge in [0.2, 0.25) is 5.91 Å².